The van der Waals surface area contributed by atoms with E-state index < -0.39 is 0 Å². The van der Waals surface area contributed by atoms with E-state index in [0.717, 1.165) is 24.0 Å². The van der Waals surface area contributed by atoms with Gasteiger partial charge in [0.25, 0.3) is 0 Å². The summed E-state index contributed by atoms with van der Waals surface area (Å²) < 4.78 is 5.49. The Bertz CT molecular complexity index is 952. The average molecular weight is 382 g/mol. The van der Waals surface area contributed by atoms with Crippen molar-refractivity contribution in [2.45, 2.75) is 32.2 Å². The Labute approximate surface area is 163 Å². The van der Waals surface area contributed by atoms with Crippen molar-refractivity contribution >= 4 is 17.5 Å². The van der Waals surface area contributed by atoms with Crippen LogP contribution in [0.3, 0.4) is 0 Å². The van der Waals surface area contributed by atoms with E-state index >= 15 is 0 Å². The minimum atomic E-state index is -0.174. The molecule has 1 amide bonds. The van der Waals surface area contributed by atoms with Gasteiger partial charge >= 0.3 is 0 Å². The van der Waals surface area contributed by atoms with Crippen LogP contribution >= 0.6 is 11.6 Å². The zero-order valence-corrected chi connectivity index (χ0v) is 15.8. The van der Waals surface area contributed by atoms with Crippen LogP contribution in [0, 0.1) is 6.92 Å². The number of rotatable bonds is 4. The van der Waals surface area contributed by atoms with Crippen molar-refractivity contribution in [3.05, 3.63) is 70.6 Å². The van der Waals surface area contributed by atoms with E-state index in [2.05, 4.69) is 10.1 Å². The lowest BCUT2D eigenvalue weighted by molar-refractivity contribution is -0.131. The molecule has 1 saturated heterocycles. The molecule has 4 rings (SSSR count). The number of carbonyl (C=O) groups is 1. The lowest BCUT2D eigenvalue weighted by atomic mass is 10.1. The van der Waals surface area contributed by atoms with E-state index in [4.69, 9.17) is 16.1 Å². The second-order valence-electron chi connectivity index (χ2n) is 6.84. The summed E-state index contributed by atoms with van der Waals surface area (Å²) in [5, 5.41) is 4.64. The molecule has 1 aliphatic rings. The quantitative estimate of drug-likeness (QED) is 0.662. The number of carbonyl (C=O) groups excluding carboxylic acids is 1. The van der Waals surface area contributed by atoms with Crippen molar-refractivity contribution in [3.63, 3.8) is 0 Å². The molecule has 27 heavy (non-hydrogen) atoms. The summed E-state index contributed by atoms with van der Waals surface area (Å²) in [4.78, 5) is 19.2. The summed E-state index contributed by atoms with van der Waals surface area (Å²) in [6.45, 7) is 2.74. The van der Waals surface area contributed by atoms with Crippen molar-refractivity contribution in [1.82, 2.24) is 15.0 Å². The highest BCUT2D eigenvalue weighted by Crippen LogP contribution is 2.33. The zero-order chi connectivity index (χ0) is 18.8. The van der Waals surface area contributed by atoms with E-state index in [9.17, 15) is 4.79 Å². The summed E-state index contributed by atoms with van der Waals surface area (Å²) in [6, 6.07) is 15.3. The Kier molecular flexibility index (Phi) is 4.94. The van der Waals surface area contributed by atoms with Crippen molar-refractivity contribution in [3.8, 4) is 11.4 Å². The second kappa shape index (κ2) is 7.53. The fourth-order valence-electron chi connectivity index (χ4n) is 3.43. The maximum Gasteiger partial charge on any atom is 0.249 e. The number of benzene rings is 2. The van der Waals surface area contributed by atoms with Gasteiger partial charge in [0.15, 0.2) is 0 Å². The van der Waals surface area contributed by atoms with Gasteiger partial charge in [-0.3, -0.25) is 4.79 Å². The number of aromatic nitrogens is 2. The topological polar surface area (TPSA) is 59.2 Å². The minimum Gasteiger partial charge on any atom is -0.337 e. The maximum atomic E-state index is 12.8. The van der Waals surface area contributed by atoms with E-state index in [-0.39, 0.29) is 11.9 Å². The Morgan fingerprint density at radius 2 is 2.00 bits per heavy atom. The Balaban J connectivity index is 1.52. The van der Waals surface area contributed by atoms with Gasteiger partial charge in [-0.2, -0.15) is 4.98 Å². The molecule has 1 fully saturated rings. The normalized spacial score (nSPS) is 16.7. The fourth-order valence-corrected chi connectivity index (χ4v) is 3.65. The predicted octanol–water partition coefficient (Wildman–Crippen LogP) is 4.60. The Morgan fingerprint density at radius 1 is 1.22 bits per heavy atom. The van der Waals surface area contributed by atoms with Crippen LogP contribution in [0.15, 0.2) is 53.1 Å². The van der Waals surface area contributed by atoms with Crippen LogP contribution in [-0.2, 0) is 11.2 Å². The zero-order valence-electron chi connectivity index (χ0n) is 15.1. The molecule has 0 N–H and O–H groups in total. The molecule has 1 atom stereocenters. The van der Waals surface area contributed by atoms with Gasteiger partial charge in [-0.15, -0.1) is 0 Å². The molecule has 3 aromatic rings. The maximum absolute atomic E-state index is 12.8. The van der Waals surface area contributed by atoms with Crippen LogP contribution in [0.4, 0.5) is 0 Å². The minimum absolute atomic E-state index is 0.0823. The largest absolute Gasteiger partial charge is 0.337 e. The Morgan fingerprint density at radius 3 is 2.78 bits per heavy atom. The lowest BCUT2D eigenvalue weighted by Crippen LogP contribution is -2.32. The number of halogens is 1. The van der Waals surface area contributed by atoms with Crippen LogP contribution in [0.2, 0.25) is 5.02 Å². The first-order valence-corrected chi connectivity index (χ1v) is 9.43. The van der Waals surface area contributed by atoms with Crippen molar-refractivity contribution in [2.75, 3.05) is 6.54 Å². The van der Waals surface area contributed by atoms with Gasteiger partial charge in [-0.05, 0) is 37.5 Å². The van der Waals surface area contributed by atoms with Gasteiger partial charge in [0.05, 0.1) is 11.4 Å². The molecule has 5 nitrogen and oxygen atoms in total. The molecule has 0 spiro atoms. The third kappa shape index (κ3) is 3.74. The first-order chi connectivity index (χ1) is 13.1. The summed E-state index contributed by atoms with van der Waals surface area (Å²) in [7, 11) is 0. The van der Waals surface area contributed by atoms with Gasteiger partial charge in [0.2, 0.25) is 17.6 Å². The SMILES string of the molecule is Cc1ccc(CC(=O)N2CCC[C@H]2c2nc(-c3ccccc3Cl)no2)cc1. The van der Waals surface area contributed by atoms with Gasteiger partial charge in [0, 0.05) is 12.1 Å². The molecule has 138 valence electrons. The molecule has 0 radical (unpaired) electrons. The van der Waals surface area contributed by atoms with E-state index in [0.29, 0.717) is 29.7 Å². The number of amides is 1. The molecular formula is C21H20ClN3O2. The highest BCUT2D eigenvalue weighted by molar-refractivity contribution is 6.33. The fraction of sp³-hybridized carbons (Fsp3) is 0.286. The van der Waals surface area contributed by atoms with Gasteiger partial charge in [0.1, 0.15) is 6.04 Å². The summed E-state index contributed by atoms with van der Waals surface area (Å²) >= 11 is 6.22. The molecule has 2 aromatic carbocycles. The molecule has 0 bridgehead atoms. The monoisotopic (exact) mass is 381 g/mol. The number of aryl methyl sites for hydroxylation is 1. The van der Waals surface area contributed by atoms with Gasteiger partial charge < -0.3 is 9.42 Å². The molecule has 1 aliphatic heterocycles. The number of hydrogen-bond donors (Lipinski definition) is 0. The molecule has 6 heteroatoms. The molecule has 0 unspecified atom stereocenters. The van der Waals surface area contributed by atoms with Crippen LogP contribution in [0.1, 0.15) is 35.9 Å². The number of likely N-dealkylation sites (tertiary alicyclic amines) is 1. The molecule has 0 aliphatic carbocycles. The molecule has 1 aromatic heterocycles. The van der Waals surface area contributed by atoms with Gasteiger partial charge in [-0.1, -0.05) is 58.7 Å². The number of hydrogen-bond acceptors (Lipinski definition) is 4. The molecular weight excluding hydrogens is 362 g/mol. The summed E-state index contributed by atoms with van der Waals surface area (Å²) in [5.74, 6) is 1.01. The summed E-state index contributed by atoms with van der Waals surface area (Å²) in [5.41, 5.74) is 2.92. The first-order valence-electron chi connectivity index (χ1n) is 9.05. The predicted molar refractivity (Wildman–Crippen MR) is 103 cm³/mol. The third-order valence-corrected chi connectivity index (χ3v) is 5.22. The molecule has 2 heterocycles. The lowest BCUT2D eigenvalue weighted by Gasteiger charge is -2.22. The van der Waals surface area contributed by atoms with Crippen LogP contribution in [-0.4, -0.2) is 27.5 Å². The highest BCUT2D eigenvalue weighted by atomic mass is 35.5. The van der Waals surface area contributed by atoms with E-state index in [1.807, 2.05) is 54.3 Å². The smallest absolute Gasteiger partial charge is 0.249 e. The van der Waals surface area contributed by atoms with Crippen molar-refractivity contribution < 1.29 is 9.32 Å². The van der Waals surface area contributed by atoms with Gasteiger partial charge in [-0.25, -0.2) is 0 Å². The van der Waals surface area contributed by atoms with Crippen LogP contribution in [0.25, 0.3) is 11.4 Å². The van der Waals surface area contributed by atoms with Crippen LogP contribution in [0.5, 0.6) is 0 Å². The van der Waals surface area contributed by atoms with Crippen LogP contribution < -0.4 is 0 Å². The average Bonchev–Trinajstić information content (AvgIpc) is 3.33. The summed E-state index contributed by atoms with van der Waals surface area (Å²) in [6.07, 6.45) is 2.13. The highest BCUT2D eigenvalue weighted by Gasteiger charge is 2.34. The second-order valence-corrected chi connectivity index (χ2v) is 7.25. The third-order valence-electron chi connectivity index (χ3n) is 4.89. The van der Waals surface area contributed by atoms with E-state index in [1.165, 1.54) is 5.56 Å². The standard InChI is InChI=1S/C21H20ClN3O2/c1-14-8-10-15(11-9-14)13-19(26)25-12-4-7-18(25)21-23-20(24-27-21)16-5-2-3-6-17(16)22/h2-3,5-6,8-11,18H,4,7,12-13H2,1H3/t18-/m0/s1. The van der Waals surface area contributed by atoms with E-state index in [1.54, 1.807) is 6.07 Å². The molecule has 0 saturated carbocycles. The number of nitrogens with zero attached hydrogens (tertiary/aromatic N) is 3. The van der Waals surface area contributed by atoms with Crippen molar-refractivity contribution in [2.24, 2.45) is 0 Å². The first kappa shape index (κ1) is 17.7. The Hall–Kier alpha value is -2.66. The van der Waals surface area contributed by atoms with Crippen molar-refractivity contribution in [1.29, 1.82) is 0 Å².